The zero-order valence-corrected chi connectivity index (χ0v) is 16.6. The van der Waals surface area contributed by atoms with Crippen LogP contribution in [0.2, 0.25) is 0 Å². The molecule has 0 amide bonds. The van der Waals surface area contributed by atoms with E-state index < -0.39 is 0 Å². The number of hydrogen-bond acceptors (Lipinski definition) is 6. The molecule has 1 aliphatic heterocycles. The van der Waals surface area contributed by atoms with Crippen molar-refractivity contribution in [3.63, 3.8) is 0 Å². The molecule has 0 N–H and O–H groups in total. The summed E-state index contributed by atoms with van der Waals surface area (Å²) in [6.07, 6.45) is 9.09. The highest BCUT2D eigenvalue weighted by Crippen LogP contribution is 2.28. The van der Waals surface area contributed by atoms with Gasteiger partial charge in [-0.2, -0.15) is 0 Å². The van der Waals surface area contributed by atoms with E-state index in [4.69, 9.17) is 4.98 Å². The molecule has 0 unspecified atom stereocenters. The largest absolute Gasteiger partial charge is 0.338 e. The third-order valence-corrected chi connectivity index (χ3v) is 5.80. The lowest BCUT2D eigenvalue weighted by atomic mass is 10.2. The number of nitrogens with zero attached hydrogens (tertiary/aromatic N) is 7. The van der Waals surface area contributed by atoms with E-state index in [1.165, 1.54) is 12.8 Å². The summed E-state index contributed by atoms with van der Waals surface area (Å²) in [6.45, 7) is 8.60. The highest BCUT2D eigenvalue weighted by molar-refractivity contribution is 5.74. The smallest absolute Gasteiger partial charge is 0.225 e. The van der Waals surface area contributed by atoms with Crippen molar-refractivity contribution < 1.29 is 0 Å². The van der Waals surface area contributed by atoms with Crippen LogP contribution in [0.25, 0.3) is 11.0 Å². The zero-order valence-electron chi connectivity index (χ0n) is 16.6. The molecule has 0 spiro atoms. The number of anilines is 1. The molecule has 3 aromatic rings. The summed E-state index contributed by atoms with van der Waals surface area (Å²) in [5.41, 5.74) is 4.09. The summed E-state index contributed by atoms with van der Waals surface area (Å²) in [7, 11) is 0. The van der Waals surface area contributed by atoms with Gasteiger partial charge in [0.2, 0.25) is 5.95 Å². The molecule has 0 bridgehead atoms. The van der Waals surface area contributed by atoms with E-state index in [0.717, 1.165) is 60.6 Å². The average molecular weight is 377 g/mol. The second-order valence-corrected chi connectivity index (χ2v) is 8.19. The average Bonchev–Trinajstić information content (AvgIpc) is 3.47. The van der Waals surface area contributed by atoms with Gasteiger partial charge < -0.3 is 9.47 Å². The first-order chi connectivity index (χ1) is 13.7. The van der Waals surface area contributed by atoms with Crippen LogP contribution in [0.3, 0.4) is 0 Å². The minimum atomic E-state index is 0.375. The molecule has 2 fully saturated rings. The summed E-state index contributed by atoms with van der Waals surface area (Å²) in [5.74, 6) is 0.848. The Balaban J connectivity index is 1.32. The van der Waals surface area contributed by atoms with Crippen molar-refractivity contribution in [3.05, 3.63) is 42.2 Å². The Morgan fingerprint density at radius 2 is 1.86 bits per heavy atom. The van der Waals surface area contributed by atoms with Gasteiger partial charge in [-0.3, -0.25) is 9.88 Å². The maximum absolute atomic E-state index is 4.84. The Bertz CT molecular complexity index is 968. The van der Waals surface area contributed by atoms with Crippen LogP contribution < -0.4 is 4.90 Å². The lowest BCUT2D eigenvalue weighted by Crippen LogP contribution is -2.47. The standard InChI is InChI=1S/C21H27N7/c1-15(2)28-14-24-19-13-23-17(12-20(19)28)11-16-5-6-22-21(25-16)27-9-7-26(8-10-27)18-3-4-18/h5-6,12-15,18H,3-4,7-11H2,1-2H3. The molecule has 1 saturated heterocycles. The Labute approximate surface area is 165 Å². The summed E-state index contributed by atoms with van der Waals surface area (Å²) < 4.78 is 2.19. The second-order valence-electron chi connectivity index (χ2n) is 8.19. The van der Waals surface area contributed by atoms with Crippen LogP contribution in [0, 0.1) is 0 Å². The van der Waals surface area contributed by atoms with Crippen LogP contribution in [-0.4, -0.2) is 61.6 Å². The molecule has 0 radical (unpaired) electrons. The maximum atomic E-state index is 4.84. The van der Waals surface area contributed by atoms with E-state index >= 15 is 0 Å². The molecule has 0 aromatic carbocycles. The highest BCUT2D eigenvalue weighted by atomic mass is 15.3. The monoisotopic (exact) mass is 377 g/mol. The van der Waals surface area contributed by atoms with Gasteiger partial charge >= 0.3 is 0 Å². The number of fused-ring (bicyclic) bond motifs is 1. The van der Waals surface area contributed by atoms with Gasteiger partial charge in [0.25, 0.3) is 0 Å². The van der Waals surface area contributed by atoms with Crippen molar-refractivity contribution in [2.75, 3.05) is 31.1 Å². The number of imidazole rings is 1. The zero-order chi connectivity index (χ0) is 19.1. The van der Waals surface area contributed by atoms with Crippen LogP contribution in [0.1, 0.15) is 44.1 Å². The summed E-state index contributed by atoms with van der Waals surface area (Å²) in [5, 5.41) is 0. The SMILES string of the molecule is CC(C)n1cnc2cnc(Cc3ccnc(N4CCN(C5CC5)CC4)n3)cc21. The fourth-order valence-electron chi connectivity index (χ4n) is 4.03. The lowest BCUT2D eigenvalue weighted by molar-refractivity contribution is 0.247. The molecule has 1 aliphatic carbocycles. The van der Waals surface area contributed by atoms with Crippen LogP contribution in [-0.2, 0) is 6.42 Å². The van der Waals surface area contributed by atoms with Crippen molar-refractivity contribution in [1.82, 2.24) is 29.4 Å². The van der Waals surface area contributed by atoms with Crippen LogP contribution in [0.4, 0.5) is 5.95 Å². The number of aromatic nitrogens is 5. The first-order valence-corrected chi connectivity index (χ1v) is 10.3. The molecule has 4 heterocycles. The number of hydrogen-bond donors (Lipinski definition) is 0. The Hall–Kier alpha value is -2.54. The Morgan fingerprint density at radius 3 is 2.61 bits per heavy atom. The van der Waals surface area contributed by atoms with Gasteiger partial charge in [0.1, 0.15) is 5.52 Å². The van der Waals surface area contributed by atoms with Crippen LogP contribution >= 0.6 is 0 Å². The van der Waals surface area contributed by atoms with Crippen molar-refractivity contribution in [2.45, 2.75) is 45.2 Å². The minimum absolute atomic E-state index is 0.375. The van der Waals surface area contributed by atoms with Crippen molar-refractivity contribution in [2.24, 2.45) is 0 Å². The predicted octanol–water partition coefficient (Wildman–Crippen LogP) is 2.68. The van der Waals surface area contributed by atoms with Crippen LogP contribution in [0.5, 0.6) is 0 Å². The van der Waals surface area contributed by atoms with Gasteiger partial charge in [0.05, 0.1) is 23.7 Å². The summed E-state index contributed by atoms with van der Waals surface area (Å²) in [4.78, 5) is 23.3. The lowest BCUT2D eigenvalue weighted by Gasteiger charge is -2.34. The molecule has 7 nitrogen and oxygen atoms in total. The third kappa shape index (κ3) is 3.46. The Kier molecular flexibility index (Phi) is 4.47. The van der Waals surface area contributed by atoms with Gasteiger partial charge in [-0.25, -0.2) is 15.0 Å². The fourth-order valence-corrected chi connectivity index (χ4v) is 4.03. The van der Waals surface area contributed by atoms with E-state index in [9.17, 15) is 0 Å². The number of rotatable bonds is 5. The minimum Gasteiger partial charge on any atom is -0.338 e. The topological polar surface area (TPSA) is 63.0 Å². The Morgan fingerprint density at radius 1 is 1.04 bits per heavy atom. The quantitative estimate of drug-likeness (QED) is 0.681. The first-order valence-electron chi connectivity index (χ1n) is 10.3. The number of pyridine rings is 1. The van der Waals surface area contributed by atoms with Crippen molar-refractivity contribution in [3.8, 4) is 0 Å². The fraction of sp³-hybridized carbons (Fsp3) is 0.524. The predicted molar refractivity (Wildman–Crippen MR) is 110 cm³/mol. The third-order valence-electron chi connectivity index (χ3n) is 5.80. The second kappa shape index (κ2) is 7.13. The van der Waals surface area contributed by atoms with Gasteiger partial charge in [-0.1, -0.05) is 0 Å². The van der Waals surface area contributed by atoms with Crippen molar-refractivity contribution in [1.29, 1.82) is 0 Å². The van der Waals surface area contributed by atoms with Gasteiger partial charge in [-0.05, 0) is 38.8 Å². The van der Waals surface area contributed by atoms with Crippen molar-refractivity contribution >= 4 is 17.0 Å². The van der Waals surface area contributed by atoms with Gasteiger partial charge in [-0.15, -0.1) is 0 Å². The molecule has 28 heavy (non-hydrogen) atoms. The maximum Gasteiger partial charge on any atom is 0.225 e. The highest BCUT2D eigenvalue weighted by Gasteiger charge is 2.31. The van der Waals surface area contributed by atoms with E-state index in [2.05, 4.69) is 49.2 Å². The van der Waals surface area contributed by atoms with Gasteiger partial charge in [0, 0.05) is 56.6 Å². The van der Waals surface area contributed by atoms with E-state index in [0.29, 0.717) is 12.5 Å². The molecular formula is C21H27N7. The molecule has 1 saturated carbocycles. The first kappa shape index (κ1) is 17.6. The molecule has 5 rings (SSSR count). The molecule has 3 aromatic heterocycles. The van der Waals surface area contributed by atoms with Crippen LogP contribution in [0.15, 0.2) is 30.9 Å². The summed E-state index contributed by atoms with van der Waals surface area (Å²) >= 11 is 0. The number of piperazine rings is 1. The normalized spacial score (nSPS) is 18.3. The molecule has 0 atom stereocenters. The molecule has 7 heteroatoms. The molecule has 2 aliphatic rings. The summed E-state index contributed by atoms with van der Waals surface area (Å²) in [6, 6.07) is 5.35. The van der Waals surface area contributed by atoms with E-state index in [-0.39, 0.29) is 0 Å². The van der Waals surface area contributed by atoms with E-state index in [1.807, 2.05) is 24.8 Å². The van der Waals surface area contributed by atoms with E-state index in [1.54, 1.807) is 0 Å². The molecule has 146 valence electrons. The molecular weight excluding hydrogens is 350 g/mol. The van der Waals surface area contributed by atoms with Gasteiger partial charge in [0.15, 0.2) is 0 Å².